The van der Waals surface area contributed by atoms with E-state index in [1.165, 1.54) is 19.2 Å². The molecule has 156 valence electrons. The van der Waals surface area contributed by atoms with Gasteiger partial charge in [-0.25, -0.2) is 0 Å². The van der Waals surface area contributed by atoms with E-state index in [1.54, 1.807) is 6.08 Å². The van der Waals surface area contributed by atoms with E-state index in [2.05, 4.69) is 0 Å². The Balaban J connectivity index is 2.14. The number of hydrogen-bond donors (Lipinski definition) is 2. The molecule has 0 unspecified atom stereocenters. The first-order valence-corrected chi connectivity index (χ1v) is 9.70. The fourth-order valence-electron chi connectivity index (χ4n) is 3.72. The zero-order chi connectivity index (χ0) is 21.8. The van der Waals surface area contributed by atoms with Crippen molar-refractivity contribution in [2.45, 2.75) is 39.7 Å². The lowest BCUT2D eigenvalue weighted by Gasteiger charge is -2.28. The van der Waals surface area contributed by atoms with Gasteiger partial charge in [-0.15, -0.1) is 0 Å². The summed E-state index contributed by atoms with van der Waals surface area (Å²) in [7, 11) is 1.50. The normalized spacial score (nSPS) is 14.4. The lowest BCUT2D eigenvalue weighted by molar-refractivity contribution is 0.153. The highest BCUT2D eigenvalue weighted by Gasteiger charge is 2.29. The molecule has 0 saturated carbocycles. The number of aromatic hydroxyl groups is 2. The first-order valence-electron chi connectivity index (χ1n) is 9.70. The molecule has 0 bridgehead atoms. The summed E-state index contributed by atoms with van der Waals surface area (Å²) in [4.78, 5) is 13.5. The van der Waals surface area contributed by atoms with Crippen LogP contribution in [-0.2, 0) is 6.42 Å². The highest BCUT2D eigenvalue weighted by Crippen LogP contribution is 2.44. The van der Waals surface area contributed by atoms with Crippen molar-refractivity contribution in [2.24, 2.45) is 0 Å². The van der Waals surface area contributed by atoms with Crippen molar-refractivity contribution in [3.63, 3.8) is 0 Å². The van der Waals surface area contributed by atoms with Gasteiger partial charge in [0.1, 0.15) is 33.7 Å². The molecular formula is C24H24O6. The molecule has 6 nitrogen and oxygen atoms in total. The minimum Gasteiger partial charge on any atom is -0.507 e. The zero-order valence-corrected chi connectivity index (χ0v) is 17.6. The van der Waals surface area contributed by atoms with E-state index in [0.29, 0.717) is 23.3 Å². The van der Waals surface area contributed by atoms with Crippen LogP contribution in [0.2, 0.25) is 0 Å². The van der Waals surface area contributed by atoms with E-state index in [9.17, 15) is 15.0 Å². The van der Waals surface area contributed by atoms with Gasteiger partial charge in [-0.2, -0.15) is 0 Å². The number of methoxy groups -OCH3 is 1. The molecule has 0 fully saturated rings. The Morgan fingerprint density at radius 1 is 1.17 bits per heavy atom. The first kappa shape index (κ1) is 19.9. The molecule has 0 radical (unpaired) electrons. The third kappa shape index (κ3) is 3.09. The number of ether oxygens (including phenoxy) is 2. The molecular weight excluding hydrogens is 384 g/mol. The summed E-state index contributed by atoms with van der Waals surface area (Å²) in [6, 6.07) is 2.81. The Morgan fingerprint density at radius 3 is 2.57 bits per heavy atom. The smallest absolute Gasteiger partial charge is 0.205 e. The van der Waals surface area contributed by atoms with Crippen LogP contribution >= 0.6 is 0 Å². The molecule has 0 aliphatic carbocycles. The van der Waals surface area contributed by atoms with Gasteiger partial charge in [0.05, 0.1) is 12.5 Å². The SMILES string of the molecule is COc1cc(O)c2c(=O)c3c4c(c(O)cc3oc2c1CC=C(C)C)OC(C)(C)C=C4. The van der Waals surface area contributed by atoms with Gasteiger partial charge in [-0.05, 0) is 40.2 Å². The summed E-state index contributed by atoms with van der Waals surface area (Å²) in [6.45, 7) is 7.65. The summed E-state index contributed by atoms with van der Waals surface area (Å²) in [5, 5.41) is 21.5. The third-order valence-corrected chi connectivity index (χ3v) is 5.20. The van der Waals surface area contributed by atoms with Gasteiger partial charge in [0.2, 0.25) is 5.43 Å². The van der Waals surface area contributed by atoms with Crippen LogP contribution in [0.25, 0.3) is 28.0 Å². The second-order valence-electron chi connectivity index (χ2n) is 8.25. The number of hydrogen-bond acceptors (Lipinski definition) is 6. The molecule has 0 spiro atoms. The zero-order valence-electron chi connectivity index (χ0n) is 17.6. The largest absolute Gasteiger partial charge is 0.507 e. The second-order valence-corrected chi connectivity index (χ2v) is 8.25. The van der Waals surface area contributed by atoms with Crippen molar-refractivity contribution in [1.82, 2.24) is 0 Å². The lowest BCUT2D eigenvalue weighted by Crippen LogP contribution is -2.28. The average Bonchev–Trinajstić information content (AvgIpc) is 2.66. The predicted molar refractivity (Wildman–Crippen MR) is 117 cm³/mol. The van der Waals surface area contributed by atoms with Gasteiger partial charge in [-0.3, -0.25) is 4.79 Å². The Bertz CT molecular complexity index is 1300. The summed E-state index contributed by atoms with van der Waals surface area (Å²) in [6.07, 6.45) is 6.01. The fraction of sp³-hybridized carbons (Fsp3) is 0.292. The number of phenolic OH excluding ortho intramolecular Hbond substituents is 2. The van der Waals surface area contributed by atoms with Gasteiger partial charge in [-0.1, -0.05) is 17.7 Å². The molecule has 4 rings (SSSR count). The number of phenols is 2. The van der Waals surface area contributed by atoms with Crippen molar-refractivity contribution in [1.29, 1.82) is 0 Å². The minimum atomic E-state index is -0.623. The molecule has 2 heterocycles. The van der Waals surface area contributed by atoms with Gasteiger partial charge in [0.15, 0.2) is 11.5 Å². The van der Waals surface area contributed by atoms with E-state index in [1.807, 2.05) is 39.8 Å². The average molecular weight is 408 g/mol. The predicted octanol–water partition coefficient (Wildman–Crippen LogP) is 5.06. The molecule has 1 aliphatic heterocycles. The van der Waals surface area contributed by atoms with Crippen LogP contribution in [0, 0.1) is 0 Å². The van der Waals surface area contributed by atoms with Crippen LogP contribution in [0.5, 0.6) is 23.0 Å². The summed E-state index contributed by atoms with van der Waals surface area (Å²) in [5.74, 6) is 0.309. The number of rotatable bonds is 3. The first-order chi connectivity index (χ1) is 14.1. The van der Waals surface area contributed by atoms with E-state index in [4.69, 9.17) is 13.9 Å². The fourth-order valence-corrected chi connectivity index (χ4v) is 3.72. The molecule has 0 amide bonds. The Kier molecular flexibility index (Phi) is 4.53. The second kappa shape index (κ2) is 6.83. The molecule has 0 atom stereocenters. The highest BCUT2D eigenvalue weighted by molar-refractivity contribution is 6.01. The Labute approximate surface area is 173 Å². The maximum atomic E-state index is 13.5. The summed E-state index contributed by atoms with van der Waals surface area (Å²) in [5.41, 5.74) is 1.61. The standard InChI is InChI=1S/C24H24O6/c1-12(2)6-7-13-17(28-5)10-15(25)20-21(27)19-14-8-9-24(3,4)30-22(14)16(26)11-18(19)29-23(13)20/h6,8-11,25-26H,7H2,1-5H3. The van der Waals surface area contributed by atoms with E-state index < -0.39 is 11.0 Å². The van der Waals surface area contributed by atoms with Gasteiger partial charge < -0.3 is 24.1 Å². The number of allylic oxidation sites excluding steroid dienone is 2. The van der Waals surface area contributed by atoms with E-state index >= 15 is 0 Å². The van der Waals surface area contributed by atoms with Crippen LogP contribution in [0.15, 0.2) is 39.1 Å². The monoisotopic (exact) mass is 408 g/mol. The van der Waals surface area contributed by atoms with Crippen LogP contribution in [0.1, 0.15) is 38.8 Å². The molecule has 2 aromatic carbocycles. The summed E-state index contributed by atoms with van der Waals surface area (Å²) < 4.78 is 17.4. The summed E-state index contributed by atoms with van der Waals surface area (Å²) >= 11 is 0. The van der Waals surface area contributed by atoms with Gasteiger partial charge in [0.25, 0.3) is 0 Å². The van der Waals surface area contributed by atoms with Crippen LogP contribution in [-0.4, -0.2) is 22.9 Å². The van der Waals surface area contributed by atoms with Crippen molar-refractivity contribution in [3.05, 3.63) is 51.2 Å². The quantitative estimate of drug-likeness (QED) is 0.465. The maximum Gasteiger partial charge on any atom is 0.205 e. The molecule has 3 aromatic rings. The van der Waals surface area contributed by atoms with Crippen LogP contribution in [0.3, 0.4) is 0 Å². The van der Waals surface area contributed by atoms with Gasteiger partial charge in [0, 0.05) is 23.3 Å². The highest BCUT2D eigenvalue weighted by atomic mass is 16.5. The molecule has 2 N–H and O–H groups in total. The van der Waals surface area contributed by atoms with Crippen molar-refractivity contribution >= 4 is 28.0 Å². The van der Waals surface area contributed by atoms with E-state index in [-0.39, 0.29) is 39.2 Å². The topological polar surface area (TPSA) is 89.1 Å². The molecule has 30 heavy (non-hydrogen) atoms. The number of fused-ring (bicyclic) bond motifs is 4. The van der Waals surface area contributed by atoms with Crippen LogP contribution < -0.4 is 14.9 Å². The third-order valence-electron chi connectivity index (χ3n) is 5.20. The van der Waals surface area contributed by atoms with Crippen molar-refractivity contribution < 1.29 is 24.1 Å². The molecule has 6 heteroatoms. The lowest BCUT2D eigenvalue weighted by atomic mass is 9.97. The van der Waals surface area contributed by atoms with Crippen LogP contribution in [0.4, 0.5) is 0 Å². The number of benzene rings is 2. The van der Waals surface area contributed by atoms with Crippen molar-refractivity contribution in [2.75, 3.05) is 7.11 Å². The molecule has 1 aliphatic rings. The molecule has 0 saturated heterocycles. The maximum absolute atomic E-state index is 13.5. The minimum absolute atomic E-state index is 0.0755. The Morgan fingerprint density at radius 2 is 1.90 bits per heavy atom. The Hall–Kier alpha value is -3.41. The van der Waals surface area contributed by atoms with Gasteiger partial charge >= 0.3 is 0 Å². The van der Waals surface area contributed by atoms with E-state index in [0.717, 1.165) is 5.57 Å². The van der Waals surface area contributed by atoms with Crippen molar-refractivity contribution in [3.8, 4) is 23.0 Å². The molecule has 1 aromatic heterocycles.